The molecule has 9 aromatic carbocycles. The van der Waals surface area contributed by atoms with Crippen molar-refractivity contribution in [3.63, 3.8) is 0 Å². The third kappa shape index (κ3) is 24.9. The predicted molar refractivity (Wildman–Crippen MR) is 392 cm³/mol. The molecule has 0 bridgehead atoms. The molecule has 2 unspecified atom stereocenters. The topological polar surface area (TPSA) is 341 Å². The van der Waals surface area contributed by atoms with E-state index in [1.54, 1.807) is 0 Å². The molecular formula is C85H68O26. The molecule has 1 saturated carbocycles. The summed E-state index contributed by atoms with van der Waals surface area (Å²) in [4.78, 5) is 146. The van der Waals surface area contributed by atoms with Crippen LogP contribution in [-0.2, 0) is 37.9 Å². The molecule has 26 heteroatoms. The van der Waals surface area contributed by atoms with E-state index < -0.39 is 71.6 Å². The summed E-state index contributed by atoms with van der Waals surface area (Å²) in [5, 5.41) is 0. The van der Waals surface area contributed by atoms with E-state index in [4.69, 9.17) is 66.3 Å². The fraction of sp³-hybridized carbons (Fsp3) is 0.153. The van der Waals surface area contributed by atoms with Gasteiger partial charge in [0, 0.05) is 0 Å². The normalized spacial score (nSPS) is 13.2. The van der Waals surface area contributed by atoms with Crippen LogP contribution in [0, 0.1) is 5.92 Å². The third-order valence-corrected chi connectivity index (χ3v) is 15.6. The number of benzene rings is 9. The summed E-state index contributed by atoms with van der Waals surface area (Å²) >= 11 is 0. The van der Waals surface area contributed by atoms with Crippen LogP contribution in [0.2, 0.25) is 0 Å². The second kappa shape index (κ2) is 39.4. The SMILES string of the molecule is C=CCOC(=O)c1ccc(OC(=O)c2ccc(C(=O)Oc3ccc(C(=O)OCC4CO4)cc3)cc2)cc1.C=CCOC(=O)c1ccc(OC(=O)c2ccc(C(=O)Oc3ccc(C(=O)OCC=C)cc3)cc2)cc1.O=C(OCC1CC1)c1ccc(OC(=O)c2ccc(C(=O)Oc3ccc(C(=O)OCC4CO4)cc3)cc2)cc1. The molecular weight excluding hydrogens is 1440 g/mol. The first kappa shape index (κ1) is 79.3. The lowest BCUT2D eigenvalue weighted by atomic mass is 10.1. The fourth-order valence-corrected chi connectivity index (χ4v) is 9.23. The summed E-state index contributed by atoms with van der Waals surface area (Å²) < 4.78 is 72.2. The Morgan fingerprint density at radius 2 is 0.396 bits per heavy atom. The summed E-state index contributed by atoms with van der Waals surface area (Å²) in [6.07, 6.45) is 6.52. The van der Waals surface area contributed by atoms with E-state index in [0.29, 0.717) is 59.1 Å². The zero-order valence-electron chi connectivity index (χ0n) is 59.1. The Kier molecular flexibility index (Phi) is 28.1. The van der Waals surface area contributed by atoms with Gasteiger partial charge in [-0.05, 0) is 237 Å². The Morgan fingerprint density at radius 1 is 0.243 bits per heavy atom. The number of hydrogen-bond acceptors (Lipinski definition) is 26. The molecule has 0 spiro atoms. The smallest absolute Gasteiger partial charge is 0.343 e. The Bertz CT molecular complexity index is 4640. The summed E-state index contributed by atoms with van der Waals surface area (Å²) in [5.41, 5.74) is 3.27. The van der Waals surface area contributed by atoms with Crippen molar-refractivity contribution in [3.8, 4) is 34.5 Å². The molecule has 0 radical (unpaired) electrons. The van der Waals surface area contributed by atoms with Gasteiger partial charge in [-0.25, -0.2) is 57.5 Å². The average molecular weight is 1510 g/mol. The maximum atomic E-state index is 12.5. The number of rotatable bonds is 30. The quantitative estimate of drug-likeness (QED) is 0.0133. The van der Waals surface area contributed by atoms with Crippen molar-refractivity contribution in [3.05, 3.63) is 323 Å². The van der Waals surface area contributed by atoms with Gasteiger partial charge in [0.05, 0.1) is 86.6 Å². The van der Waals surface area contributed by atoms with Gasteiger partial charge in [-0.15, -0.1) is 0 Å². The van der Waals surface area contributed by atoms with Crippen molar-refractivity contribution in [2.45, 2.75) is 25.0 Å². The largest absolute Gasteiger partial charge is 0.462 e. The molecule has 9 aromatic rings. The minimum absolute atomic E-state index is 0.0209. The van der Waals surface area contributed by atoms with Gasteiger partial charge in [0.15, 0.2) is 0 Å². The van der Waals surface area contributed by atoms with Crippen LogP contribution in [0.3, 0.4) is 0 Å². The lowest BCUT2D eigenvalue weighted by molar-refractivity contribution is 0.0468. The van der Waals surface area contributed by atoms with Gasteiger partial charge < -0.3 is 66.3 Å². The Morgan fingerprint density at radius 3 is 0.559 bits per heavy atom. The second-order valence-electron chi connectivity index (χ2n) is 24.0. The van der Waals surface area contributed by atoms with Crippen molar-refractivity contribution in [2.24, 2.45) is 5.92 Å². The van der Waals surface area contributed by atoms with Crippen molar-refractivity contribution < 1.29 is 124 Å². The van der Waals surface area contributed by atoms with E-state index in [1.165, 1.54) is 237 Å². The molecule has 2 heterocycles. The molecule has 3 fully saturated rings. The minimum atomic E-state index is -0.643. The molecule has 111 heavy (non-hydrogen) atoms. The number of epoxide rings is 2. The number of esters is 12. The number of ether oxygens (including phenoxy) is 14. The maximum absolute atomic E-state index is 12.5. The van der Waals surface area contributed by atoms with Crippen LogP contribution < -0.4 is 28.4 Å². The van der Waals surface area contributed by atoms with Crippen molar-refractivity contribution >= 4 is 71.6 Å². The monoisotopic (exact) mass is 1500 g/mol. The van der Waals surface area contributed by atoms with Gasteiger partial charge in [0.25, 0.3) is 0 Å². The van der Waals surface area contributed by atoms with Crippen LogP contribution in [0.4, 0.5) is 0 Å². The van der Waals surface area contributed by atoms with Crippen LogP contribution >= 0.6 is 0 Å². The number of carbonyl (C=O) groups is 12. The van der Waals surface area contributed by atoms with Crippen LogP contribution in [0.15, 0.2) is 256 Å². The van der Waals surface area contributed by atoms with E-state index in [-0.39, 0.29) is 113 Å². The Balaban J connectivity index is 0.000000177. The first-order valence-corrected chi connectivity index (χ1v) is 34.1. The number of hydrogen-bond donors (Lipinski definition) is 0. The van der Waals surface area contributed by atoms with Gasteiger partial charge in [0.1, 0.15) is 79.7 Å². The molecule has 0 aromatic heterocycles. The van der Waals surface area contributed by atoms with Gasteiger partial charge in [-0.3, -0.25) is 0 Å². The molecule has 2 aliphatic heterocycles. The Labute approximate surface area is 634 Å². The molecule has 2 saturated heterocycles. The van der Waals surface area contributed by atoms with E-state index in [9.17, 15) is 57.5 Å². The highest BCUT2D eigenvalue weighted by Crippen LogP contribution is 2.30. The molecule has 564 valence electrons. The van der Waals surface area contributed by atoms with E-state index in [2.05, 4.69) is 19.7 Å². The zero-order valence-corrected chi connectivity index (χ0v) is 59.1. The maximum Gasteiger partial charge on any atom is 0.343 e. The van der Waals surface area contributed by atoms with Crippen LogP contribution in [0.5, 0.6) is 34.5 Å². The molecule has 26 nitrogen and oxygen atoms in total. The standard InChI is InChI=1S/C29H24O9.C28H22O9.C28H22O8/c30-26(35-15-18-1-2-18)19-7-11-23(12-8-19)37-28(32)21-3-5-22(6-4-21)29(33)38-24-13-9-20(10-14-24)27(31)36-17-25-16-34-25;1-2-15-33-25(29)18-7-11-22(12-8-18)36-27(31)20-3-5-21(6-4-20)28(32)37-23-13-9-19(10-14-23)26(30)35-17-24-16-34-24;1-3-17-33-25(29)19-9-13-23(14-10-19)35-27(31)21-5-7-22(8-6-21)28(32)36-24-15-11-20(12-16-24)26(30)34-18-4-2/h3-14,18,25H,1-2,15-17H2;2-14,24H,1,15-17H2;3-16H,1-2,17-18H2. The average Bonchev–Trinajstić information content (AvgIpc) is 1.84. The van der Waals surface area contributed by atoms with Crippen molar-refractivity contribution in [1.29, 1.82) is 0 Å². The molecule has 12 rings (SSSR count). The zero-order chi connectivity index (χ0) is 78.6. The first-order chi connectivity index (χ1) is 53.8. The minimum Gasteiger partial charge on any atom is -0.462 e. The van der Waals surface area contributed by atoms with Gasteiger partial charge >= 0.3 is 71.6 Å². The molecule has 1 aliphatic carbocycles. The fourth-order valence-electron chi connectivity index (χ4n) is 9.23. The molecule has 3 aliphatic rings. The lowest BCUT2D eigenvalue weighted by Gasteiger charge is -2.08. The third-order valence-electron chi connectivity index (χ3n) is 15.6. The lowest BCUT2D eigenvalue weighted by Crippen LogP contribution is -2.12. The number of carbonyl (C=O) groups excluding carboxylic acids is 12. The van der Waals surface area contributed by atoms with Gasteiger partial charge in [-0.2, -0.15) is 0 Å². The van der Waals surface area contributed by atoms with E-state index in [1.807, 2.05) is 0 Å². The summed E-state index contributed by atoms with van der Waals surface area (Å²) in [6, 6.07) is 53.0. The van der Waals surface area contributed by atoms with Gasteiger partial charge in [0.2, 0.25) is 0 Å². The molecule has 0 N–H and O–H groups in total. The summed E-state index contributed by atoms with van der Waals surface area (Å²) in [6.45, 7) is 12.7. The van der Waals surface area contributed by atoms with E-state index in [0.717, 1.165) is 12.8 Å². The molecule has 0 amide bonds. The van der Waals surface area contributed by atoms with Crippen molar-refractivity contribution in [2.75, 3.05) is 52.9 Å². The first-order valence-electron chi connectivity index (χ1n) is 34.1. The van der Waals surface area contributed by atoms with Crippen LogP contribution in [0.1, 0.15) is 137 Å². The summed E-state index contributed by atoms with van der Waals surface area (Å²) in [7, 11) is 0. The Hall–Kier alpha value is -14.2. The van der Waals surface area contributed by atoms with Crippen molar-refractivity contribution in [1.82, 2.24) is 0 Å². The second-order valence-corrected chi connectivity index (χ2v) is 24.0. The molecule has 2 atom stereocenters. The highest BCUT2D eigenvalue weighted by atomic mass is 16.6. The highest BCUT2D eigenvalue weighted by Gasteiger charge is 2.27. The van der Waals surface area contributed by atoms with E-state index >= 15 is 0 Å². The summed E-state index contributed by atoms with van der Waals surface area (Å²) in [5.74, 6) is -4.79. The van der Waals surface area contributed by atoms with Gasteiger partial charge in [-0.1, -0.05) is 38.0 Å². The highest BCUT2D eigenvalue weighted by molar-refractivity contribution is 5.99. The predicted octanol–water partition coefficient (Wildman–Crippen LogP) is 13.1. The van der Waals surface area contributed by atoms with Crippen LogP contribution in [-0.4, -0.2) is 137 Å². The van der Waals surface area contributed by atoms with Crippen LogP contribution in [0.25, 0.3) is 0 Å².